The zero-order valence-electron chi connectivity index (χ0n) is 15.2. The lowest BCUT2D eigenvalue weighted by atomic mass is 9.54. The van der Waals surface area contributed by atoms with Crippen molar-refractivity contribution in [3.8, 4) is 0 Å². The second-order valence-electron chi connectivity index (χ2n) is 8.13. The Hall–Kier alpha value is -1.03. The van der Waals surface area contributed by atoms with Crippen LogP contribution in [0.3, 0.4) is 0 Å². The number of hydrogen-bond donors (Lipinski definition) is 0. The molecular weight excluding hydrogens is 304 g/mol. The highest BCUT2D eigenvalue weighted by Crippen LogP contribution is 2.57. The van der Waals surface area contributed by atoms with Gasteiger partial charge in [-0.1, -0.05) is 13.3 Å². The second-order valence-corrected chi connectivity index (χ2v) is 8.13. The van der Waals surface area contributed by atoms with Crippen LogP contribution in [0.1, 0.15) is 65.2 Å². The lowest BCUT2D eigenvalue weighted by Crippen LogP contribution is -2.52. The highest BCUT2D eigenvalue weighted by molar-refractivity contribution is 5.87. The third-order valence-corrected chi connectivity index (χ3v) is 5.86. The molecule has 0 heterocycles. The minimum Gasteiger partial charge on any atom is -0.498 e. The predicted molar refractivity (Wildman–Crippen MR) is 92.4 cm³/mol. The number of esters is 1. The number of rotatable bonds is 9. The van der Waals surface area contributed by atoms with Crippen LogP contribution in [-0.2, 0) is 19.0 Å². The molecule has 0 N–H and O–H groups in total. The van der Waals surface area contributed by atoms with Crippen LogP contribution in [0.5, 0.6) is 0 Å². The van der Waals surface area contributed by atoms with Gasteiger partial charge in [0, 0.05) is 6.61 Å². The van der Waals surface area contributed by atoms with E-state index in [4.69, 9.17) is 14.2 Å². The topological polar surface area (TPSA) is 44.8 Å². The predicted octanol–water partition coefficient (Wildman–Crippen LogP) is 4.24. The Balaban J connectivity index is 1.42. The van der Waals surface area contributed by atoms with Crippen LogP contribution in [0.15, 0.2) is 11.8 Å². The molecule has 136 valence electrons. The van der Waals surface area contributed by atoms with Crippen LogP contribution >= 0.6 is 0 Å². The molecule has 4 rings (SSSR count). The molecule has 0 amide bonds. The van der Waals surface area contributed by atoms with Crippen molar-refractivity contribution in [3.63, 3.8) is 0 Å². The second kappa shape index (κ2) is 7.90. The summed E-state index contributed by atoms with van der Waals surface area (Å²) in [5, 5.41) is 0. The Kier molecular flexibility index (Phi) is 5.85. The lowest BCUT2D eigenvalue weighted by molar-refractivity contribution is -0.182. The van der Waals surface area contributed by atoms with Gasteiger partial charge in [0.25, 0.3) is 0 Å². The van der Waals surface area contributed by atoms with Crippen molar-refractivity contribution in [1.82, 2.24) is 0 Å². The Morgan fingerprint density at radius 3 is 2.25 bits per heavy atom. The summed E-state index contributed by atoms with van der Waals surface area (Å²) in [6, 6.07) is 0. The molecule has 4 saturated carbocycles. The molecule has 0 aliphatic heterocycles. The van der Waals surface area contributed by atoms with Gasteiger partial charge >= 0.3 is 5.97 Å². The van der Waals surface area contributed by atoms with E-state index in [1.807, 2.05) is 0 Å². The zero-order valence-corrected chi connectivity index (χ0v) is 15.2. The van der Waals surface area contributed by atoms with Gasteiger partial charge in [0.05, 0.1) is 18.4 Å². The minimum atomic E-state index is -0.205. The summed E-state index contributed by atoms with van der Waals surface area (Å²) in [4.78, 5) is 12.4. The van der Waals surface area contributed by atoms with Crippen LogP contribution in [0.2, 0.25) is 0 Å². The van der Waals surface area contributed by atoms with E-state index in [-0.39, 0.29) is 11.6 Å². The van der Waals surface area contributed by atoms with E-state index < -0.39 is 0 Å². The molecule has 4 heteroatoms. The number of hydrogen-bond acceptors (Lipinski definition) is 4. The van der Waals surface area contributed by atoms with E-state index >= 15 is 0 Å². The average molecular weight is 336 g/mol. The molecule has 4 aliphatic rings. The molecule has 4 aliphatic carbocycles. The molecule has 0 aromatic heterocycles. The fourth-order valence-electron chi connectivity index (χ4n) is 5.12. The van der Waals surface area contributed by atoms with Crippen molar-refractivity contribution in [2.75, 3.05) is 19.8 Å². The first-order valence-corrected chi connectivity index (χ1v) is 9.69. The number of carbonyl (C=O) groups excluding carboxylic acids is 1. The largest absolute Gasteiger partial charge is 0.498 e. The highest BCUT2D eigenvalue weighted by atomic mass is 16.6. The quantitative estimate of drug-likeness (QED) is 0.273. The van der Waals surface area contributed by atoms with Gasteiger partial charge in [-0.2, -0.15) is 0 Å². The summed E-state index contributed by atoms with van der Waals surface area (Å²) < 4.78 is 16.9. The third-order valence-electron chi connectivity index (χ3n) is 5.86. The minimum absolute atomic E-state index is 0.176. The van der Waals surface area contributed by atoms with Gasteiger partial charge < -0.3 is 14.2 Å². The van der Waals surface area contributed by atoms with Crippen LogP contribution in [-0.4, -0.2) is 31.4 Å². The fraction of sp³-hybridized carbons (Fsp3) is 0.850. The maximum Gasteiger partial charge on any atom is 0.337 e. The van der Waals surface area contributed by atoms with Gasteiger partial charge in [0.2, 0.25) is 0 Å². The molecule has 0 aromatic rings. The number of ether oxygens (including phenoxy) is 3. The highest BCUT2D eigenvalue weighted by Gasteiger charge is 2.53. The van der Waals surface area contributed by atoms with Crippen molar-refractivity contribution in [1.29, 1.82) is 0 Å². The van der Waals surface area contributed by atoms with E-state index in [1.165, 1.54) is 25.5 Å². The molecule has 4 fully saturated rings. The summed E-state index contributed by atoms with van der Waals surface area (Å²) in [6.45, 7) is 5.73. The van der Waals surface area contributed by atoms with Crippen LogP contribution in [0.4, 0.5) is 0 Å². The normalized spacial score (nSPS) is 34.4. The van der Waals surface area contributed by atoms with Crippen LogP contribution in [0.25, 0.3) is 0 Å². The molecule has 0 spiro atoms. The average Bonchev–Trinajstić information content (AvgIpc) is 2.52. The molecule has 0 atom stereocenters. The van der Waals surface area contributed by atoms with E-state index in [2.05, 4.69) is 6.92 Å². The molecule has 24 heavy (non-hydrogen) atoms. The summed E-state index contributed by atoms with van der Waals surface area (Å²) in [5.41, 5.74) is 0.379. The molecule has 0 radical (unpaired) electrons. The number of carbonyl (C=O) groups is 1. The Morgan fingerprint density at radius 2 is 1.67 bits per heavy atom. The summed E-state index contributed by atoms with van der Waals surface area (Å²) in [7, 11) is 0. The lowest BCUT2D eigenvalue weighted by Gasteiger charge is -2.55. The van der Waals surface area contributed by atoms with E-state index in [1.54, 1.807) is 6.92 Å². The van der Waals surface area contributed by atoms with Gasteiger partial charge in [0.1, 0.15) is 12.2 Å². The summed E-state index contributed by atoms with van der Waals surface area (Å²) in [5.74, 6) is 2.14. The summed E-state index contributed by atoms with van der Waals surface area (Å²) >= 11 is 0. The molecule has 0 aromatic carbocycles. The Morgan fingerprint density at radius 1 is 1.04 bits per heavy atom. The van der Waals surface area contributed by atoms with Crippen molar-refractivity contribution < 1.29 is 19.0 Å². The standard InChI is InChI=1S/C20H32O4/c1-3-4-5-22-6-7-23-14-15(2)19(21)24-20-11-16-8-17(12-20)10-18(9-16)13-20/h14,16-18H,3-13H2,1-2H3/b15-14+. The van der Waals surface area contributed by atoms with Gasteiger partial charge in [-0.15, -0.1) is 0 Å². The van der Waals surface area contributed by atoms with Gasteiger partial charge in [0.15, 0.2) is 0 Å². The molecule has 4 nitrogen and oxygen atoms in total. The van der Waals surface area contributed by atoms with Crippen molar-refractivity contribution >= 4 is 5.97 Å². The van der Waals surface area contributed by atoms with Crippen LogP contribution < -0.4 is 0 Å². The fourth-order valence-corrected chi connectivity index (χ4v) is 5.12. The van der Waals surface area contributed by atoms with Gasteiger partial charge in [-0.25, -0.2) is 4.79 Å². The van der Waals surface area contributed by atoms with Gasteiger partial charge in [-0.3, -0.25) is 0 Å². The molecule has 0 saturated heterocycles. The SMILES string of the molecule is CCCCOCCO/C=C(\C)C(=O)OC12CC3CC(CC(C3)C1)C2. The summed E-state index contributed by atoms with van der Waals surface area (Å²) in [6.07, 6.45) is 11.0. The molecular formula is C20H32O4. The Labute approximate surface area is 145 Å². The maximum absolute atomic E-state index is 12.4. The first kappa shape index (κ1) is 17.8. The van der Waals surface area contributed by atoms with E-state index in [0.717, 1.165) is 56.5 Å². The molecule has 4 bridgehead atoms. The Bertz CT molecular complexity index is 433. The van der Waals surface area contributed by atoms with Gasteiger partial charge in [-0.05, 0) is 69.6 Å². The van der Waals surface area contributed by atoms with Crippen molar-refractivity contribution in [2.45, 2.75) is 70.8 Å². The first-order chi connectivity index (χ1) is 11.6. The first-order valence-electron chi connectivity index (χ1n) is 9.69. The smallest absolute Gasteiger partial charge is 0.337 e. The van der Waals surface area contributed by atoms with E-state index in [9.17, 15) is 4.79 Å². The van der Waals surface area contributed by atoms with Crippen molar-refractivity contribution in [3.05, 3.63) is 11.8 Å². The molecule has 0 unspecified atom stereocenters. The number of unbranched alkanes of at least 4 members (excludes halogenated alkanes) is 1. The maximum atomic E-state index is 12.4. The van der Waals surface area contributed by atoms with Crippen LogP contribution in [0, 0.1) is 17.8 Å². The zero-order chi connectivity index (χ0) is 17.0. The monoisotopic (exact) mass is 336 g/mol. The van der Waals surface area contributed by atoms with E-state index in [0.29, 0.717) is 18.8 Å². The third kappa shape index (κ3) is 4.33. The van der Waals surface area contributed by atoms with Crippen molar-refractivity contribution in [2.24, 2.45) is 17.8 Å².